The minimum atomic E-state index is -0.162. The maximum Gasteiger partial charge on any atom is 0.250 e. The average molecular weight is 288 g/mol. The summed E-state index contributed by atoms with van der Waals surface area (Å²) in [6.45, 7) is 0.314. The van der Waals surface area contributed by atoms with Crippen molar-refractivity contribution in [2.24, 2.45) is 0 Å². The third-order valence-electron chi connectivity index (χ3n) is 3.24. The molecule has 0 bridgehead atoms. The fourth-order valence-electron chi connectivity index (χ4n) is 2.12. The molecule has 0 unspecified atom stereocenters. The van der Waals surface area contributed by atoms with Crippen molar-refractivity contribution in [3.05, 3.63) is 30.5 Å². The molecule has 0 fully saturated rings. The quantitative estimate of drug-likeness (QED) is 0.848. The minimum Gasteiger partial charge on any atom is -0.399 e. The zero-order valence-electron chi connectivity index (χ0n) is 12.5. The monoisotopic (exact) mass is 288 g/mol. The Morgan fingerprint density at radius 3 is 2.52 bits per heavy atom. The second-order valence-corrected chi connectivity index (χ2v) is 5.39. The number of carbonyl (C=O) groups excluding carboxylic acids is 2. The summed E-state index contributed by atoms with van der Waals surface area (Å²) in [4.78, 5) is 27.4. The second kappa shape index (κ2) is 5.97. The molecule has 0 aliphatic carbocycles. The first-order valence-corrected chi connectivity index (χ1v) is 6.67. The van der Waals surface area contributed by atoms with Crippen molar-refractivity contribution in [2.45, 2.75) is 0 Å². The lowest BCUT2D eigenvalue weighted by atomic mass is 10.2. The summed E-state index contributed by atoms with van der Waals surface area (Å²) in [6, 6.07) is 7.28. The molecular formula is C15H20N4O2. The van der Waals surface area contributed by atoms with E-state index >= 15 is 0 Å². The highest BCUT2D eigenvalue weighted by molar-refractivity contribution is 5.95. The van der Waals surface area contributed by atoms with Gasteiger partial charge in [-0.25, -0.2) is 0 Å². The molecule has 2 aromatic rings. The van der Waals surface area contributed by atoms with Gasteiger partial charge in [0.2, 0.25) is 5.91 Å². The summed E-state index contributed by atoms with van der Waals surface area (Å²) in [5.74, 6) is -0.255. The molecule has 0 atom stereocenters. The van der Waals surface area contributed by atoms with Crippen molar-refractivity contribution in [3.8, 4) is 0 Å². The van der Waals surface area contributed by atoms with Crippen LogP contribution in [0.25, 0.3) is 10.9 Å². The van der Waals surface area contributed by atoms with Crippen molar-refractivity contribution in [1.82, 2.24) is 14.4 Å². The van der Waals surface area contributed by atoms with Gasteiger partial charge in [-0.15, -0.1) is 0 Å². The van der Waals surface area contributed by atoms with Gasteiger partial charge < -0.3 is 15.5 Å². The third-order valence-corrected chi connectivity index (χ3v) is 3.24. The number of hydrogen-bond acceptors (Lipinski definition) is 4. The maximum absolute atomic E-state index is 12.3. The molecule has 2 N–H and O–H groups in total. The number of benzene rings is 1. The van der Waals surface area contributed by atoms with E-state index in [0.717, 1.165) is 10.9 Å². The van der Waals surface area contributed by atoms with Crippen LogP contribution < -0.4 is 5.73 Å². The van der Waals surface area contributed by atoms with Crippen LogP contribution >= 0.6 is 0 Å². The van der Waals surface area contributed by atoms with Crippen LogP contribution in [0.1, 0.15) is 4.79 Å². The average Bonchev–Trinajstić information content (AvgIpc) is 2.80. The normalized spacial score (nSPS) is 11.0. The number of nitrogens with two attached hydrogens (primary N) is 1. The van der Waals surface area contributed by atoms with E-state index in [1.807, 2.05) is 26.2 Å². The number of nitrogens with zero attached hydrogens (tertiary/aromatic N) is 3. The molecule has 6 heteroatoms. The van der Waals surface area contributed by atoms with Crippen LogP contribution in [0.3, 0.4) is 0 Å². The molecule has 0 aliphatic heterocycles. The molecule has 6 nitrogen and oxygen atoms in total. The van der Waals surface area contributed by atoms with E-state index in [2.05, 4.69) is 0 Å². The Labute approximate surface area is 123 Å². The number of amides is 1. The minimum absolute atomic E-state index is 0.0330. The first-order valence-electron chi connectivity index (χ1n) is 6.67. The van der Waals surface area contributed by atoms with Crippen molar-refractivity contribution in [3.63, 3.8) is 0 Å². The molecule has 0 radical (unpaired) electrons. The van der Waals surface area contributed by atoms with E-state index in [-0.39, 0.29) is 24.9 Å². The summed E-state index contributed by atoms with van der Waals surface area (Å²) in [6.07, 6.45) is 1.71. The van der Waals surface area contributed by atoms with Crippen LogP contribution in [-0.2, 0) is 4.79 Å². The second-order valence-electron chi connectivity index (χ2n) is 5.39. The highest BCUT2D eigenvalue weighted by Crippen LogP contribution is 2.18. The smallest absolute Gasteiger partial charge is 0.250 e. The number of nitrogen functional groups attached to an aromatic ring is 1. The predicted octanol–water partition coefficient (Wildman–Crippen LogP) is 0.884. The van der Waals surface area contributed by atoms with Gasteiger partial charge >= 0.3 is 0 Å². The summed E-state index contributed by atoms with van der Waals surface area (Å²) in [5.41, 5.74) is 7.12. The first kappa shape index (κ1) is 15.1. The highest BCUT2D eigenvalue weighted by atomic mass is 16.2. The summed E-state index contributed by atoms with van der Waals surface area (Å²) in [5, 5.41) is 0.944. The van der Waals surface area contributed by atoms with E-state index in [4.69, 9.17) is 5.73 Å². The Morgan fingerprint density at radius 1 is 1.14 bits per heavy atom. The van der Waals surface area contributed by atoms with Crippen LogP contribution in [-0.4, -0.2) is 60.4 Å². The van der Waals surface area contributed by atoms with Gasteiger partial charge in [-0.1, -0.05) is 6.07 Å². The zero-order valence-corrected chi connectivity index (χ0v) is 12.5. The third kappa shape index (κ3) is 3.41. The lowest BCUT2D eigenvalue weighted by molar-refractivity contribution is -0.130. The first-order chi connectivity index (χ1) is 9.88. The number of anilines is 1. The molecule has 0 saturated carbocycles. The number of aromatic nitrogens is 1. The fourth-order valence-corrected chi connectivity index (χ4v) is 2.12. The largest absolute Gasteiger partial charge is 0.399 e. The van der Waals surface area contributed by atoms with Crippen molar-refractivity contribution >= 4 is 28.4 Å². The molecule has 1 aromatic carbocycles. The number of fused-ring (bicyclic) bond motifs is 1. The van der Waals surface area contributed by atoms with E-state index in [1.54, 1.807) is 30.3 Å². The lowest BCUT2D eigenvalue weighted by Gasteiger charge is -2.19. The van der Waals surface area contributed by atoms with E-state index in [0.29, 0.717) is 5.69 Å². The van der Waals surface area contributed by atoms with E-state index in [1.165, 1.54) is 9.47 Å². The van der Waals surface area contributed by atoms with Gasteiger partial charge in [0.15, 0.2) is 0 Å². The van der Waals surface area contributed by atoms with E-state index in [9.17, 15) is 9.59 Å². The molecule has 1 heterocycles. The standard InChI is InChI=1S/C15H20N4O2/c1-17(2)9-14(20)18(3)10-15(21)19-7-6-11-4-5-12(16)8-13(11)19/h4-8H,9-10,16H2,1-3H3. The zero-order chi connectivity index (χ0) is 15.6. The topological polar surface area (TPSA) is 71.6 Å². The molecule has 1 amide bonds. The van der Waals surface area contributed by atoms with Gasteiger partial charge in [-0.05, 0) is 32.3 Å². The molecule has 21 heavy (non-hydrogen) atoms. The van der Waals surface area contributed by atoms with Gasteiger partial charge in [0, 0.05) is 24.3 Å². The Hall–Kier alpha value is -2.34. The Bertz CT molecular complexity index is 675. The van der Waals surface area contributed by atoms with Crippen molar-refractivity contribution < 1.29 is 9.59 Å². The molecule has 112 valence electrons. The van der Waals surface area contributed by atoms with Crippen LogP contribution in [0, 0.1) is 0 Å². The van der Waals surface area contributed by atoms with Gasteiger partial charge in [-0.2, -0.15) is 0 Å². The Kier molecular flexibility index (Phi) is 4.28. The van der Waals surface area contributed by atoms with Gasteiger partial charge in [0.1, 0.15) is 6.54 Å². The number of likely N-dealkylation sites (N-methyl/N-ethyl adjacent to an activating group) is 2. The van der Waals surface area contributed by atoms with Crippen LogP contribution in [0.4, 0.5) is 5.69 Å². The van der Waals surface area contributed by atoms with Crippen LogP contribution in [0.2, 0.25) is 0 Å². The van der Waals surface area contributed by atoms with Crippen LogP contribution in [0.15, 0.2) is 30.5 Å². The molecule has 2 rings (SSSR count). The summed E-state index contributed by atoms with van der Waals surface area (Å²) in [7, 11) is 5.26. The van der Waals surface area contributed by atoms with Crippen molar-refractivity contribution in [1.29, 1.82) is 0 Å². The fraction of sp³-hybridized carbons (Fsp3) is 0.333. The Morgan fingerprint density at radius 2 is 1.86 bits per heavy atom. The predicted molar refractivity (Wildman–Crippen MR) is 83.2 cm³/mol. The van der Waals surface area contributed by atoms with Gasteiger partial charge in [0.05, 0.1) is 12.1 Å². The van der Waals surface area contributed by atoms with E-state index < -0.39 is 0 Å². The number of hydrogen-bond donors (Lipinski definition) is 1. The lowest BCUT2D eigenvalue weighted by Crippen LogP contribution is -2.39. The number of rotatable bonds is 4. The van der Waals surface area contributed by atoms with Crippen molar-refractivity contribution in [2.75, 3.05) is 40.0 Å². The molecule has 0 spiro atoms. The summed E-state index contributed by atoms with van der Waals surface area (Å²) < 4.78 is 1.53. The van der Waals surface area contributed by atoms with Crippen LogP contribution in [0.5, 0.6) is 0 Å². The van der Waals surface area contributed by atoms with Gasteiger partial charge in [0.25, 0.3) is 5.91 Å². The molecule has 0 aliphatic rings. The molecular weight excluding hydrogens is 268 g/mol. The maximum atomic E-state index is 12.3. The summed E-state index contributed by atoms with van der Waals surface area (Å²) >= 11 is 0. The molecule has 0 saturated heterocycles. The SMILES string of the molecule is CN(C)CC(=O)N(C)CC(=O)n1ccc2ccc(N)cc21. The highest BCUT2D eigenvalue weighted by Gasteiger charge is 2.16. The van der Waals surface area contributed by atoms with Gasteiger partial charge in [-0.3, -0.25) is 14.2 Å². The Balaban J connectivity index is 2.15. The molecule has 1 aromatic heterocycles. The number of carbonyl (C=O) groups is 2.